The van der Waals surface area contributed by atoms with Gasteiger partial charge >= 0.3 is 6.18 Å². The van der Waals surface area contributed by atoms with Gasteiger partial charge in [-0.1, -0.05) is 6.07 Å². The van der Waals surface area contributed by atoms with Gasteiger partial charge in [-0.3, -0.25) is 4.79 Å². The first kappa shape index (κ1) is 21.5. The zero-order chi connectivity index (χ0) is 20.6. The third-order valence-corrected chi connectivity index (χ3v) is 3.93. The van der Waals surface area contributed by atoms with E-state index in [2.05, 4.69) is 15.6 Å². The number of anilines is 1. The highest BCUT2D eigenvalue weighted by Gasteiger charge is 2.30. The van der Waals surface area contributed by atoms with Crippen LogP contribution in [-0.2, 0) is 17.4 Å². The maximum atomic E-state index is 13.6. The Hall–Kier alpha value is -2.84. The van der Waals surface area contributed by atoms with Crippen LogP contribution < -0.4 is 15.4 Å². The van der Waals surface area contributed by atoms with Crippen LogP contribution in [0.5, 0.6) is 5.75 Å². The van der Waals surface area contributed by atoms with Gasteiger partial charge in [-0.2, -0.15) is 13.2 Å². The van der Waals surface area contributed by atoms with Gasteiger partial charge in [0.15, 0.2) is 11.6 Å². The molecule has 0 radical (unpaired) electrons. The molecule has 5 nitrogen and oxygen atoms in total. The van der Waals surface area contributed by atoms with Gasteiger partial charge in [0.2, 0.25) is 5.91 Å². The Morgan fingerprint density at radius 1 is 1.18 bits per heavy atom. The largest absolute Gasteiger partial charge is 0.494 e. The van der Waals surface area contributed by atoms with Crippen LogP contribution >= 0.6 is 0 Å². The van der Waals surface area contributed by atoms with Crippen LogP contribution in [0.1, 0.15) is 24.0 Å². The summed E-state index contributed by atoms with van der Waals surface area (Å²) in [6.07, 6.45) is -2.44. The lowest BCUT2D eigenvalue weighted by Gasteiger charge is -2.09. The molecule has 0 fully saturated rings. The molecule has 2 rings (SSSR count). The van der Waals surface area contributed by atoms with Crippen LogP contribution in [0.3, 0.4) is 0 Å². The number of carbonyl (C=O) groups excluding carboxylic acids is 1. The Bertz CT molecular complexity index is 780. The topological polar surface area (TPSA) is 63.2 Å². The zero-order valence-corrected chi connectivity index (χ0v) is 15.3. The molecule has 152 valence electrons. The number of amides is 1. The van der Waals surface area contributed by atoms with Gasteiger partial charge in [0, 0.05) is 25.7 Å². The normalized spacial score (nSPS) is 11.2. The number of aromatic nitrogens is 1. The molecule has 0 atom stereocenters. The summed E-state index contributed by atoms with van der Waals surface area (Å²) in [6.45, 7) is 0.853. The van der Waals surface area contributed by atoms with E-state index in [0.29, 0.717) is 37.3 Å². The molecule has 0 unspecified atom stereocenters. The highest BCUT2D eigenvalue weighted by atomic mass is 19.4. The van der Waals surface area contributed by atoms with Crippen LogP contribution in [0.2, 0.25) is 0 Å². The quantitative estimate of drug-likeness (QED) is 0.497. The maximum Gasteiger partial charge on any atom is 0.417 e. The Morgan fingerprint density at radius 2 is 1.96 bits per heavy atom. The number of hydrogen-bond acceptors (Lipinski definition) is 4. The van der Waals surface area contributed by atoms with Gasteiger partial charge in [-0.05, 0) is 42.7 Å². The maximum absolute atomic E-state index is 13.6. The summed E-state index contributed by atoms with van der Waals surface area (Å²) in [7, 11) is 1.38. The summed E-state index contributed by atoms with van der Waals surface area (Å²) in [4.78, 5) is 15.5. The summed E-state index contributed by atoms with van der Waals surface area (Å²) >= 11 is 0. The minimum Gasteiger partial charge on any atom is -0.494 e. The predicted molar refractivity (Wildman–Crippen MR) is 96.6 cm³/mol. The first-order chi connectivity index (χ1) is 13.3. The summed E-state index contributed by atoms with van der Waals surface area (Å²) in [6, 6.07) is 6.78. The van der Waals surface area contributed by atoms with E-state index in [1.54, 1.807) is 6.07 Å². The highest BCUT2D eigenvalue weighted by molar-refractivity contribution is 5.76. The molecule has 2 N–H and O–H groups in total. The first-order valence-corrected chi connectivity index (χ1v) is 8.66. The molecule has 0 aliphatic heterocycles. The number of alkyl halides is 3. The number of hydrogen-bond donors (Lipinski definition) is 2. The minimum atomic E-state index is -4.41. The van der Waals surface area contributed by atoms with Crippen molar-refractivity contribution in [1.29, 1.82) is 0 Å². The van der Waals surface area contributed by atoms with E-state index in [9.17, 15) is 22.4 Å². The lowest BCUT2D eigenvalue weighted by atomic mass is 10.1. The molecular formula is C19H21F4N3O2. The standard InChI is InChI=1S/C19H21F4N3O2/c1-28-16-6-3-13(11-15(16)20)4-8-18(27)25-10-2-9-24-17-7-5-14(12-26-17)19(21,22)23/h3,5-7,11-12H,2,4,8-10H2,1H3,(H,24,26)(H,25,27). The van der Waals surface area contributed by atoms with Crippen LogP contribution in [-0.4, -0.2) is 31.1 Å². The number of aryl methyl sites for hydroxylation is 1. The molecule has 1 heterocycles. The molecule has 0 saturated heterocycles. The fourth-order valence-electron chi connectivity index (χ4n) is 2.41. The average Bonchev–Trinajstić information content (AvgIpc) is 2.66. The Labute approximate surface area is 160 Å². The molecule has 28 heavy (non-hydrogen) atoms. The number of rotatable bonds is 9. The number of pyridine rings is 1. The second kappa shape index (κ2) is 9.91. The van der Waals surface area contributed by atoms with E-state index in [1.165, 1.54) is 25.3 Å². The Morgan fingerprint density at radius 3 is 2.57 bits per heavy atom. The molecule has 1 amide bonds. The fraction of sp³-hybridized carbons (Fsp3) is 0.368. The highest BCUT2D eigenvalue weighted by Crippen LogP contribution is 2.28. The van der Waals surface area contributed by atoms with E-state index in [0.717, 1.165) is 12.3 Å². The number of carbonyl (C=O) groups is 1. The van der Waals surface area contributed by atoms with Gasteiger partial charge in [0.05, 0.1) is 12.7 Å². The molecule has 1 aromatic heterocycles. The second-order valence-electron chi connectivity index (χ2n) is 6.03. The van der Waals surface area contributed by atoms with Crippen molar-refractivity contribution in [2.75, 3.05) is 25.5 Å². The fourth-order valence-corrected chi connectivity index (χ4v) is 2.41. The van der Waals surface area contributed by atoms with Crippen LogP contribution in [0.4, 0.5) is 23.4 Å². The van der Waals surface area contributed by atoms with Crippen molar-refractivity contribution in [3.05, 3.63) is 53.5 Å². The lowest BCUT2D eigenvalue weighted by Crippen LogP contribution is -2.26. The van der Waals surface area contributed by atoms with Gasteiger partial charge in [-0.25, -0.2) is 9.37 Å². The summed E-state index contributed by atoms with van der Waals surface area (Å²) in [5, 5.41) is 5.63. The van der Waals surface area contributed by atoms with Crippen molar-refractivity contribution < 1.29 is 27.1 Å². The second-order valence-corrected chi connectivity index (χ2v) is 6.03. The molecule has 0 saturated carbocycles. The SMILES string of the molecule is COc1ccc(CCC(=O)NCCCNc2ccc(C(F)(F)F)cn2)cc1F. The van der Waals surface area contributed by atoms with Crippen LogP contribution in [0.25, 0.3) is 0 Å². The van der Waals surface area contributed by atoms with Crippen molar-refractivity contribution in [3.8, 4) is 5.75 Å². The molecule has 0 spiro atoms. The van der Waals surface area contributed by atoms with E-state index >= 15 is 0 Å². The monoisotopic (exact) mass is 399 g/mol. The first-order valence-electron chi connectivity index (χ1n) is 8.66. The molecular weight excluding hydrogens is 378 g/mol. The van der Waals surface area contributed by atoms with Gasteiger partial charge in [0.25, 0.3) is 0 Å². The third-order valence-electron chi connectivity index (χ3n) is 3.93. The van der Waals surface area contributed by atoms with E-state index < -0.39 is 17.6 Å². The summed E-state index contributed by atoms with van der Waals surface area (Å²) in [5.41, 5.74) is -0.106. The number of halogens is 4. The van der Waals surface area contributed by atoms with Gasteiger partial charge < -0.3 is 15.4 Å². The van der Waals surface area contributed by atoms with Crippen molar-refractivity contribution in [3.63, 3.8) is 0 Å². The molecule has 9 heteroatoms. The van der Waals surface area contributed by atoms with E-state index in [-0.39, 0.29) is 18.1 Å². The van der Waals surface area contributed by atoms with E-state index in [4.69, 9.17) is 4.74 Å². The smallest absolute Gasteiger partial charge is 0.417 e. The molecule has 0 bridgehead atoms. The third kappa shape index (κ3) is 6.71. The Balaban J connectivity index is 1.63. The average molecular weight is 399 g/mol. The summed E-state index contributed by atoms with van der Waals surface area (Å²) < 4.78 is 55.8. The van der Waals surface area contributed by atoms with Crippen molar-refractivity contribution >= 4 is 11.7 Å². The number of benzene rings is 1. The van der Waals surface area contributed by atoms with Gasteiger partial charge in [0.1, 0.15) is 5.82 Å². The Kier molecular flexibility index (Phi) is 7.60. The van der Waals surface area contributed by atoms with Gasteiger partial charge in [-0.15, -0.1) is 0 Å². The number of nitrogens with zero attached hydrogens (tertiary/aromatic N) is 1. The predicted octanol–water partition coefficient (Wildman–Crippen LogP) is 3.80. The van der Waals surface area contributed by atoms with Crippen molar-refractivity contribution in [1.82, 2.24) is 10.3 Å². The minimum absolute atomic E-state index is 0.156. The van der Waals surface area contributed by atoms with Crippen LogP contribution in [0, 0.1) is 5.82 Å². The number of methoxy groups -OCH3 is 1. The molecule has 1 aromatic carbocycles. The van der Waals surface area contributed by atoms with Crippen molar-refractivity contribution in [2.45, 2.75) is 25.4 Å². The number of nitrogens with one attached hydrogen (secondary N) is 2. The lowest BCUT2D eigenvalue weighted by molar-refractivity contribution is -0.137. The molecule has 0 aliphatic rings. The molecule has 2 aromatic rings. The number of ether oxygens (including phenoxy) is 1. The zero-order valence-electron chi connectivity index (χ0n) is 15.3. The van der Waals surface area contributed by atoms with Crippen LogP contribution in [0.15, 0.2) is 36.5 Å². The summed E-state index contributed by atoms with van der Waals surface area (Å²) in [5.74, 6) is -0.142. The van der Waals surface area contributed by atoms with E-state index in [1.807, 2.05) is 0 Å². The van der Waals surface area contributed by atoms with Crippen molar-refractivity contribution in [2.24, 2.45) is 0 Å². The molecule has 0 aliphatic carbocycles.